The first-order valence-electron chi connectivity index (χ1n) is 11.4. The molecule has 34 heavy (non-hydrogen) atoms. The number of fused-ring (bicyclic) bond motifs is 5. The standard InChI is InChI=1S/C30H25NO2S/c1-18-10-20(3)25-16-29-27(14-22(25)12-18)28-15-23-13-19(2)11-21(4)26(23)17-30(28)31(29)34(32,33)24-8-6-5-7-9-24/h5-17H,1-4H3. The molecule has 6 aromatic rings. The molecule has 1 heterocycles. The van der Waals surface area contributed by atoms with Crippen molar-refractivity contribution in [1.29, 1.82) is 0 Å². The third kappa shape index (κ3) is 2.99. The van der Waals surface area contributed by atoms with Crippen LogP contribution in [0.1, 0.15) is 22.3 Å². The highest BCUT2D eigenvalue weighted by molar-refractivity contribution is 7.90. The van der Waals surface area contributed by atoms with Gasteiger partial charge in [0.15, 0.2) is 0 Å². The highest BCUT2D eigenvalue weighted by atomic mass is 32.2. The molecule has 5 aromatic carbocycles. The molecule has 0 aliphatic carbocycles. The Bertz CT molecular complexity index is 1790. The number of aryl methyl sites for hydroxylation is 4. The average Bonchev–Trinajstić information content (AvgIpc) is 3.10. The zero-order valence-corrected chi connectivity index (χ0v) is 20.5. The molecule has 0 aliphatic rings. The van der Waals surface area contributed by atoms with E-state index in [9.17, 15) is 8.42 Å². The quantitative estimate of drug-likeness (QED) is 0.266. The lowest BCUT2D eigenvalue weighted by Crippen LogP contribution is -2.12. The van der Waals surface area contributed by atoms with Crippen molar-refractivity contribution in [1.82, 2.24) is 3.97 Å². The summed E-state index contributed by atoms with van der Waals surface area (Å²) in [5.41, 5.74) is 6.10. The van der Waals surface area contributed by atoms with Gasteiger partial charge in [-0.05, 0) is 96.8 Å². The fourth-order valence-corrected chi connectivity index (χ4v) is 6.93. The average molecular weight is 464 g/mol. The van der Waals surface area contributed by atoms with Gasteiger partial charge in [-0.15, -0.1) is 0 Å². The van der Waals surface area contributed by atoms with Crippen LogP contribution in [0.3, 0.4) is 0 Å². The molecule has 0 fully saturated rings. The number of hydrogen-bond acceptors (Lipinski definition) is 2. The van der Waals surface area contributed by atoms with E-state index in [2.05, 4.69) is 64.1 Å². The monoisotopic (exact) mass is 463 g/mol. The second-order valence-electron chi connectivity index (χ2n) is 9.43. The summed E-state index contributed by atoms with van der Waals surface area (Å²) < 4.78 is 29.6. The van der Waals surface area contributed by atoms with E-state index in [-0.39, 0.29) is 4.90 Å². The van der Waals surface area contributed by atoms with Gasteiger partial charge >= 0.3 is 0 Å². The van der Waals surface area contributed by atoms with Crippen LogP contribution in [0.5, 0.6) is 0 Å². The summed E-state index contributed by atoms with van der Waals surface area (Å²) in [6.07, 6.45) is 0. The molecule has 168 valence electrons. The van der Waals surface area contributed by atoms with Crippen molar-refractivity contribution in [2.75, 3.05) is 0 Å². The lowest BCUT2D eigenvalue weighted by atomic mass is 9.98. The van der Waals surface area contributed by atoms with Crippen LogP contribution in [0, 0.1) is 27.7 Å². The van der Waals surface area contributed by atoms with Gasteiger partial charge in [0.2, 0.25) is 0 Å². The van der Waals surface area contributed by atoms with Crippen LogP contribution in [0.25, 0.3) is 43.4 Å². The molecule has 1 aromatic heterocycles. The molecule has 0 bridgehead atoms. The van der Waals surface area contributed by atoms with Crippen molar-refractivity contribution in [3.05, 3.63) is 101 Å². The molecule has 3 nitrogen and oxygen atoms in total. The number of rotatable bonds is 2. The van der Waals surface area contributed by atoms with Crippen LogP contribution in [0.15, 0.2) is 83.8 Å². The van der Waals surface area contributed by atoms with Crippen LogP contribution in [0.2, 0.25) is 0 Å². The minimum atomic E-state index is -3.81. The molecule has 0 unspecified atom stereocenters. The topological polar surface area (TPSA) is 39.1 Å². The zero-order valence-electron chi connectivity index (χ0n) is 19.7. The summed E-state index contributed by atoms with van der Waals surface area (Å²) in [6, 6.07) is 25.7. The predicted octanol–water partition coefficient (Wildman–Crippen LogP) is 7.57. The Morgan fingerprint density at radius 2 is 1.03 bits per heavy atom. The van der Waals surface area contributed by atoms with Crippen molar-refractivity contribution >= 4 is 53.4 Å². The van der Waals surface area contributed by atoms with Crippen molar-refractivity contribution in [2.45, 2.75) is 32.6 Å². The fourth-order valence-electron chi connectivity index (χ4n) is 5.40. The Hall–Kier alpha value is -3.63. The van der Waals surface area contributed by atoms with Gasteiger partial charge in [0.25, 0.3) is 10.0 Å². The highest BCUT2D eigenvalue weighted by Gasteiger charge is 2.24. The third-order valence-electron chi connectivity index (χ3n) is 6.85. The smallest absolute Gasteiger partial charge is 0.233 e. The first-order valence-corrected chi connectivity index (χ1v) is 12.9. The zero-order chi connectivity index (χ0) is 23.8. The third-order valence-corrected chi connectivity index (χ3v) is 8.59. The van der Waals surface area contributed by atoms with Crippen molar-refractivity contribution in [3.8, 4) is 0 Å². The van der Waals surface area contributed by atoms with E-state index in [1.165, 1.54) is 11.1 Å². The molecule has 0 spiro atoms. The summed E-state index contributed by atoms with van der Waals surface area (Å²) in [6.45, 7) is 8.36. The molecule has 0 saturated heterocycles. The lowest BCUT2D eigenvalue weighted by Gasteiger charge is -2.11. The minimum Gasteiger partial charge on any atom is -0.233 e. The van der Waals surface area contributed by atoms with Crippen molar-refractivity contribution in [3.63, 3.8) is 0 Å². The van der Waals surface area contributed by atoms with E-state index in [0.29, 0.717) is 11.0 Å². The van der Waals surface area contributed by atoms with E-state index in [4.69, 9.17) is 0 Å². The van der Waals surface area contributed by atoms with Gasteiger partial charge in [-0.2, -0.15) is 0 Å². The number of benzene rings is 5. The van der Waals surface area contributed by atoms with Gasteiger partial charge in [0.05, 0.1) is 15.9 Å². The number of aromatic nitrogens is 1. The van der Waals surface area contributed by atoms with Crippen molar-refractivity contribution < 1.29 is 8.42 Å². The van der Waals surface area contributed by atoms with Crippen molar-refractivity contribution in [2.24, 2.45) is 0 Å². The molecular formula is C30H25NO2S. The van der Waals surface area contributed by atoms with Crippen LogP contribution in [-0.4, -0.2) is 12.4 Å². The Morgan fingerprint density at radius 3 is 1.50 bits per heavy atom. The van der Waals surface area contributed by atoms with Gasteiger partial charge in [-0.3, -0.25) is 0 Å². The summed E-state index contributed by atoms with van der Waals surface area (Å²) in [4.78, 5) is 0.287. The summed E-state index contributed by atoms with van der Waals surface area (Å²) >= 11 is 0. The highest BCUT2D eigenvalue weighted by Crippen LogP contribution is 2.38. The molecule has 0 radical (unpaired) electrons. The summed E-state index contributed by atoms with van der Waals surface area (Å²) in [5.74, 6) is 0. The molecule has 0 aliphatic heterocycles. The Morgan fingerprint density at radius 1 is 0.559 bits per heavy atom. The van der Waals surface area contributed by atoms with Gasteiger partial charge < -0.3 is 0 Å². The predicted molar refractivity (Wildman–Crippen MR) is 142 cm³/mol. The van der Waals surface area contributed by atoms with E-state index in [1.807, 2.05) is 18.2 Å². The van der Waals surface area contributed by atoms with Crippen LogP contribution < -0.4 is 0 Å². The molecule has 6 rings (SSSR count). The van der Waals surface area contributed by atoms with Crippen LogP contribution >= 0.6 is 0 Å². The molecule has 0 saturated carbocycles. The van der Waals surface area contributed by atoms with Gasteiger partial charge in [0.1, 0.15) is 0 Å². The first kappa shape index (κ1) is 20.9. The van der Waals surface area contributed by atoms with E-state index >= 15 is 0 Å². The largest absolute Gasteiger partial charge is 0.268 e. The molecule has 0 atom stereocenters. The summed E-state index contributed by atoms with van der Waals surface area (Å²) in [7, 11) is -3.81. The van der Waals surface area contributed by atoms with Gasteiger partial charge in [-0.25, -0.2) is 12.4 Å². The number of nitrogens with zero attached hydrogens (tertiary/aromatic N) is 1. The maximum absolute atomic E-state index is 14.0. The number of hydrogen-bond donors (Lipinski definition) is 0. The maximum Gasteiger partial charge on any atom is 0.268 e. The van der Waals surface area contributed by atoms with E-state index in [0.717, 1.165) is 43.4 Å². The van der Waals surface area contributed by atoms with E-state index < -0.39 is 10.0 Å². The lowest BCUT2D eigenvalue weighted by molar-refractivity contribution is 0.590. The SMILES string of the molecule is Cc1cc(C)c2cc3c(cc2c1)c1cc2cc(C)cc(C)c2cc1n3S(=O)(=O)c1ccccc1. The molecule has 0 N–H and O–H groups in total. The second-order valence-corrected chi connectivity index (χ2v) is 11.2. The molecule has 0 amide bonds. The minimum absolute atomic E-state index is 0.287. The van der Waals surface area contributed by atoms with Gasteiger partial charge in [0, 0.05) is 10.8 Å². The summed E-state index contributed by atoms with van der Waals surface area (Å²) in [5, 5.41) is 6.30. The Labute approximate surface area is 199 Å². The van der Waals surface area contributed by atoms with Crippen LogP contribution in [-0.2, 0) is 10.0 Å². The fraction of sp³-hybridized carbons (Fsp3) is 0.133. The normalized spacial score (nSPS) is 12.4. The maximum atomic E-state index is 14.0. The van der Waals surface area contributed by atoms with E-state index in [1.54, 1.807) is 28.2 Å². The molecule has 4 heteroatoms. The first-order chi connectivity index (χ1) is 16.2. The Kier molecular flexibility index (Phi) is 4.42. The molecular weight excluding hydrogens is 438 g/mol. The Balaban J connectivity index is 1.87. The second kappa shape index (κ2) is 7.18. The van der Waals surface area contributed by atoms with Crippen LogP contribution in [0.4, 0.5) is 0 Å². The van der Waals surface area contributed by atoms with Gasteiger partial charge in [-0.1, -0.05) is 53.6 Å².